The molecule has 17 heavy (non-hydrogen) atoms. The number of hydrogen-bond acceptors (Lipinski definition) is 2. The van der Waals surface area contributed by atoms with Crippen molar-refractivity contribution in [3.05, 3.63) is 30.0 Å². The average molecular weight is 229 g/mol. The third kappa shape index (κ3) is 1.54. The van der Waals surface area contributed by atoms with Crippen LogP contribution in [0.3, 0.4) is 0 Å². The van der Waals surface area contributed by atoms with Gasteiger partial charge in [0.15, 0.2) is 5.78 Å². The normalized spacial score (nSPS) is 15.2. The molecule has 2 aromatic rings. The predicted octanol–water partition coefficient (Wildman–Crippen LogP) is 3.19. The van der Waals surface area contributed by atoms with Gasteiger partial charge in [0.05, 0.1) is 18.0 Å². The van der Waals surface area contributed by atoms with Crippen LogP contribution >= 0.6 is 0 Å². The predicted molar refractivity (Wildman–Crippen MR) is 66.8 cm³/mol. The Labute approximate surface area is 100.0 Å². The molecule has 0 amide bonds. The van der Waals surface area contributed by atoms with Crippen LogP contribution in [0, 0.1) is 0 Å². The SMILES string of the molecule is COc1cccc2c1c(C(C)=O)cn2C1CC1. The lowest BCUT2D eigenvalue weighted by atomic mass is 10.1. The minimum atomic E-state index is 0.0962. The number of Topliss-reactive ketones (excluding diaryl/α,β-unsaturated/α-hetero) is 1. The van der Waals surface area contributed by atoms with Crippen LogP contribution in [0.1, 0.15) is 36.2 Å². The fraction of sp³-hybridized carbons (Fsp3) is 0.357. The summed E-state index contributed by atoms with van der Waals surface area (Å²) in [6.07, 6.45) is 4.39. The summed E-state index contributed by atoms with van der Waals surface area (Å²) in [7, 11) is 1.65. The lowest BCUT2D eigenvalue weighted by molar-refractivity contribution is 0.101. The van der Waals surface area contributed by atoms with Crippen molar-refractivity contribution in [1.29, 1.82) is 0 Å². The van der Waals surface area contributed by atoms with Crippen molar-refractivity contribution >= 4 is 16.7 Å². The summed E-state index contributed by atoms with van der Waals surface area (Å²) < 4.78 is 7.58. The van der Waals surface area contributed by atoms with Crippen LogP contribution in [0.15, 0.2) is 24.4 Å². The van der Waals surface area contributed by atoms with Crippen LogP contribution in [-0.4, -0.2) is 17.5 Å². The summed E-state index contributed by atoms with van der Waals surface area (Å²) in [5.41, 5.74) is 1.88. The van der Waals surface area contributed by atoms with E-state index in [9.17, 15) is 4.79 Å². The van der Waals surface area contributed by atoms with Crippen molar-refractivity contribution in [1.82, 2.24) is 4.57 Å². The molecule has 1 aliphatic carbocycles. The Balaban J connectivity index is 2.35. The Hall–Kier alpha value is -1.77. The van der Waals surface area contributed by atoms with Gasteiger partial charge >= 0.3 is 0 Å². The van der Waals surface area contributed by atoms with Crippen LogP contribution in [0.2, 0.25) is 0 Å². The van der Waals surface area contributed by atoms with Crippen molar-refractivity contribution < 1.29 is 9.53 Å². The van der Waals surface area contributed by atoms with E-state index in [1.807, 2.05) is 18.3 Å². The van der Waals surface area contributed by atoms with Crippen LogP contribution in [0.5, 0.6) is 5.75 Å². The molecule has 1 aliphatic rings. The first-order chi connectivity index (χ1) is 8.22. The van der Waals surface area contributed by atoms with Crippen molar-refractivity contribution in [2.75, 3.05) is 7.11 Å². The molecule has 1 aromatic heterocycles. The van der Waals surface area contributed by atoms with E-state index in [0.29, 0.717) is 6.04 Å². The molecule has 3 heteroatoms. The van der Waals surface area contributed by atoms with Crippen LogP contribution in [0.4, 0.5) is 0 Å². The Morgan fingerprint density at radius 2 is 2.18 bits per heavy atom. The first kappa shape index (κ1) is 10.4. The van der Waals surface area contributed by atoms with Crippen LogP contribution in [-0.2, 0) is 0 Å². The number of benzene rings is 1. The van der Waals surface area contributed by atoms with Gasteiger partial charge in [0.1, 0.15) is 5.75 Å². The van der Waals surface area contributed by atoms with E-state index in [1.54, 1.807) is 14.0 Å². The molecule has 1 fully saturated rings. The van der Waals surface area contributed by atoms with Gasteiger partial charge in [-0.25, -0.2) is 0 Å². The Morgan fingerprint density at radius 3 is 2.76 bits per heavy atom. The highest BCUT2D eigenvalue weighted by Crippen LogP contribution is 2.41. The lowest BCUT2D eigenvalue weighted by Crippen LogP contribution is -1.92. The molecular weight excluding hydrogens is 214 g/mol. The fourth-order valence-corrected chi connectivity index (χ4v) is 2.37. The van der Waals surface area contributed by atoms with Gasteiger partial charge in [0.2, 0.25) is 0 Å². The van der Waals surface area contributed by atoms with E-state index in [-0.39, 0.29) is 5.78 Å². The second-order valence-corrected chi connectivity index (χ2v) is 4.59. The summed E-state index contributed by atoms with van der Waals surface area (Å²) in [4.78, 5) is 11.7. The van der Waals surface area contributed by atoms with E-state index < -0.39 is 0 Å². The fourth-order valence-electron chi connectivity index (χ4n) is 2.37. The van der Waals surface area contributed by atoms with Gasteiger partial charge in [-0.3, -0.25) is 4.79 Å². The zero-order valence-electron chi connectivity index (χ0n) is 10.1. The Bertz CT molecular complexity index is 594. The number of carbonyl (C=O) groups excluding carboxylic acids is 1. The first-order valence-corrected chi connectivity index (χ1v) is 5.91. The quantitative estimate of drug-likeness (QED) is 0.757. The molecular formula is C14H15NO2. The molecule has 3 nitrogen and oxygen atoms in total. The zero-order valence-corrected chi connectivity index (χ0v) is 10.1. The Kier molecular flexibility index (Phi) is 2.21. The van der Waals surface area contributed by atoms with Gasteiger partial charge in [-0.1, -0.05) is 6.07 Å². The summed E-state index contributed by atoms with van der Waals surface area (Å²) in [6, 6.07) is 6.51. The molecule has 0 atom stereocenters. The number of ether oxygens (including phenoxy) is 1. The maximum atomic E-state index is 11.7. The third-order valence-corrected chi connectivity index (χ3v) is 3.36. The highest BCUT2D eigenvalue weighted by molar-refractivity contribution is 6.09. The van der Waals surface area contributed by atoms with Gasteiger partial charge in [-0.15, -0.1) is 0 Å². The molecule has 1 heterocycles. The smallest absolute Gasteiger partial charge is 0.162 e. The van der Waals surface area contributed by atoms with E-state index in [1.165, 1.54) is 12.8 Å². The van der Waals surface area contributed by atoms with Crippen molar-refractivity contribution in [2.45, 2.75) is 25.8 Å². The molecule has 0 radical (unpaired) electrons. The molecule has 0 N–H and O–H groups in total. The molecule has 3 rings (SSSR count). The molecule has 1 saturated carbocycles. The maximum absolute atomic E-state index is 11.7. The number of fused-ring (bicyclic) bond motifs is 1. The second-order valence-electron chi connectivity index (χ2n) is 4.59. The van der Waals surface area contributed by atoms with Crippen molar-refractivity contribution in [3.63, 3.8) is 0 Å². The van der Waals surface area contributed by atoms with Gasteiger partial charge < -0.3 is 9.30 Å². The van der Waals surface area contributed by atoms with Gasteiger partial charge in [0, 0.05) is 17.8 Å². The van der Waals surface area contributed by atoms with Crippen LogP contribution in [0.25, 0.3) is 10.9 Å². The minimum absolute atomic E-state index is 0.0962. The number of methoxy groups -OCH3 is 1. The molecule has 88 valence electrons. The summed E-state index contributed by atoms with van der Waals surface area (Å²) in [5.74, 6) is 0.881. The number of carbonyl (C=O) groups is 1. The molecule has 0 bridgehead atoms. The van der Waals surface area contributed by atoms with Gasteiger partial charge in [-0.05, 0) is 31.9 Å². The molecule has 0 unspecified atom stereocenters. The van der Waals surface area contributed by atoms with Gasteiger partial charge in [-0.2, -0.15) is 0 Å². The monoisotopic (exact) mass is 229 g/mol. The van der Waals surface area contributed by atoms with E-state index in [0.717, 1.165) is 22.2 Å². The largest absolute Gasteiger partial charge is 0.496 e. The summed E-state index contributed by atoms with van der Waals surface area (Å²) in [5, 5.41) is 0.953. The number of rotatable bonds is 3. The molecule has 0 spiro atoms. The number of hydrogen-bond donors (Lipinski definition) is 0. The molecule has 0 saturated heterocycles. The summed E-state index contributed by atoms with van der Waals surface area (Å²) in [6.45, 7) is 1.61. The highest BCUT2D eigenvalue weighted by Gasteiger charge is 2.27. The summed E-state index contributed by atoms with van der Waals surface area (Å²) >= 11 is 0. The van der Waals surface area contributed by atoms with Crippen molar-refractivity contribution in [2.24, 2.45) is 0 Å². The molecule has 0 aliphatic heterocycles. The van der Waals surface area contributed by atoms with Crippen molar-refractivity contribution in [3.8, 4) is 5.75 Å². The Morgan fingerprint density at radius 1 is 1.41 bits per heavy atom. The topological polar surface area (TPSA) is 31.2 Å². The van der Waals surface area contributed by atoms with E-state index in [4.69, 9.17) is 4.74 Å². The average Bonchev–Trinajstić information content (AvgIpc) is 3.08. The number of nitrogens with zero attached hydrogens (tertiary/aromatic N) is 1. The minimum Gasteiger partial charge on any atom is -0.496 e. The number of aromatic nitrogens is 1. The first-order valence-electron chi connectivity index (χ1n) is 5.91. The number of ketones is 1. The van der Waals surface area contributed by atoms with Crippen LogP contribution < -0.4 is 4.74 Å². The lowest BCUT2D eigenvalue weighted by Gasteiger charge is -2.05. The van der Waals surface area contributed by atoms with E-state index >= 15 is 0 Å². The zero-order chi connectivity index (χ0) is 12.0. The molecule has 1 aromatic carbocycles. The van der Waals surface area contributed by atoms with Gasteiger partial charge in [0.25, 0.3) is 0 Å². The maximum Gasteiger partial charge on any atom is 0.162 e. The van der Waals surface area contributed by atoms with E-state index in [2.05, 4.69) is 10.6 Å². The highest BCUT2D eigenvalue weighted by atomic mass is 16.5. The third-order valence-electron chi connectivity index (χ3n) is 3.36. The standard InChI is InChI=1S/C14H15NO2/c1-9(16)11-8-15(10-6-7-10)12-4-3-5-13(17-2)14(11)12/h3-5,8,10H,6-7H2,1-2H3. The second kappa shape index (κ2) is 3.62.